The van der Waals surface area contributed by atoms with Gasteiger partial charge < -0.3 is 5.32 Å². The monoisotopic (exact) mass is 222 g/mol. The first kappa shape index (κ1) is 11.0. The van der Waals surface area contributed by atoms with Crippen molar-refractivity contribution in [1.29, 1.82) is 0 Å². The number of nitrogens with one attached hydrogen (secondary N) is 1. The Morgan fingerprint density at radius 3 is 2.56 bits per heavy atom. The fourth-order valence-corrected chi connectivity index (χ4v) is 4.57. The van der Waals surface area contributed by atoms with E-state index < -0.39 is 0 Å². The second-order valence-corrected chi connectivity index (χ2v) is 6.40. The normalized spacial score (nSPS) is 48.8. The van der Waals surface area contributed by atoms with Gasteiger partial charge in [-0.15, -0.1) is 0 Å². The molecule has 1 saturated heterocycles. The van der Waals surface area contributed by atoms with E-state index in [9.17, 15) is 0 Å². The molecule has 16 heavy (non-hydrogen) atoms. The highest BCUT2D eigenvalue weighted by Crippen LogP contribution is 2.47. The van der Waals surface area contributed by atoms with Gasteiger partial charge >= 0.3 is 0 Å². The molecule has 5 atom stereocenters. The molecule has 3 aliphatic rings. The molecule has 1 N–H and O–H groups in total. The molecule has 0 spiro atoms. The van der Waals surface area contributed by atoms with E-state index in [1.54, 1.807) is 6.42 Å². The molecule has 0 aromatic heterocycles. The molecule has 0 aromatic carbocycles. The van der Waals surface area contributed by atoms with Crippen molar-refractivity contribution in [3.05, 3.63) is 0 Å². The molecule has 0 radical (unpaired) electrons. The predicted octanol–water partition coefficient (Wildman–Crippen LogP) is 2.10. The van der Waals surface area contributed by atoms with Gasteiger partial charge in [-0.25, -0.2) is 0 Å². The average molecular weight is 222 g/mol. The third-order valence-electron chi connectivity index (χ3n) is 5.48. The van der Waals surface area contributed by atoms with E-state index in [0.29, 0.717) is 0 Å². The molecule has 92 valence electrons. The Labute approximate surface area is 99.8 Å². The topological polar surface area (TPSA) is 15.3 Å². The lowest BCUT2D eigenvalue weighted by molar-refractivity contribution is 0.0769. The van der Waals surface area contributed by atoms with E-state index in [-0.39, 0.29) is 0 Å². The molecular weight excluding hydrogens is 196 g/mol. The molecule has 2 heteroatoms. The van der Waals surface area contributed by atoms with Crippen molar-refractivity contribution >= 4 is 0 Å². The van der Waals surface area contributed by atoms with E-state index in [1.807, 2.05) is 0 Å². The molecule has 3 rings (SSSR count). The quantitative estimate of drug-likeness (QED) is 0.770. The van der Waals surface area contributed by atoms with Gasteiger partial charge in [-0.1, -0.05) is 13.3 Å². The van der Waals surface area contributed by atoms with Crippen LogP contribution in [0.1, 0.15) is 39.0 Å². The van der Waals surface area contributed by atoms with Gasteiger partial charge in [0.25, 0.3) is 0 Å². The zero-order chi connectivity index (χ0) is 11.1. The highest BCUT2D eigenvalue weighted by molar-refractivity contribution is 4.97. The molecule has 5 unspecified atom stereocenters. The summed E-state index contributed by atoms with van der Waals surface area (Å²) in [4.78, 5) is 2.82. The lowest BCUT2D eigenvalue weighted by Crippen LogP contribution is -2.51. The van der Waals surface area contributed by atoms with Crippen LogP contribution in [0, 0.1) is 17.8 Å². The maximum Gasteiger partial charge on any atom is 0.0126 e. The van der Waals surface area contributed by atoms with Crippen LogP contribution in [-0.4, -0.2) is 37.1 Å². The lowest BCUT2D eigenvalue weighted by atomic mass is 9.88. The minimum Gasteiger partial charge on any atom is -0.317 e. The summed E-state index contributed by atoms with van der Waals surface area (Å²) >= 11 is 0. The molecule has 0 amide bonds. The van der Waals surface area contributed by atoms with Gasteiger partial charge in [0.15, 0.2) is 0 Å². The van der Waals surface area contributed by atoms with Crippen LogP contribution in [-0.2, 0) is 0 Å². The van der Waals surface area contributed by atoms with Crippen molar-refractivity contribution in [1.82, 2.24) is 10.2 Å². The SMILES string of the molecule is CNC1CCN(C2CC3CCC2C3)CC1C. The number of rotatable bonds is 2. The fraction of sp³-hybridized carbons (Fsp3) is 1.00. The Kier molecular flexibility index (Phi) is 2.97. The van der Waals surface area contributed by atoms with E-state index in [1.165, 1.54) is 38.8 Å². The molecule has 2 nitrogen and oxygen atoms in total. The minimum atomic E-state index is 0.759. The second kappa shape index (κ2) is 4.30. The maximum atomic E-state index is 3.47. The molecule has 3 fully saturated rings. The van der Waals surface area contributed by atoms with Crippen LogP contribution in [0.15, 0.2) is 0 Å². The fourth-order valence-electron chi connectivity index (χ4n) is 4.57. The standard InChI is InChI=1S/C14H26N2/c1-10-9-16(6-5-13(10)15-2)14-8-11-3-4-12(14)7-11/h10-15H,3-9H2,1-2H3. The van der Waals surface area contributed by atoms with Gasteiger partial charge in [-0.3, -0.25) is 4.90 Å². The molecule has 2 aliphatic carbocycles. The van der Waals surface area contributed by atoms with Crippen molar-refractivity contribution in [3.8, 4) is 0 Å². The summed E-state index contributed by atoms with van der Waals surface area (Å²) in [6.07, 6.45) is 7.47. The zero-order valence-electron chi connectivity index (χ0n) is 10.8. The van der Waals surface area contributed by atoms with Crippen molar-refractivity contribution in [2.45, 2.75) is 51.1 Å². The number of nitrogens with zero attached hydrogens (tertiary/aromatic N) is 1. The highest BCUT2D eigenvalue weighted by atomic mass is 15.2. The maximum absolute atomic E-state index is 3.47. The molecule has 2 saturated carbocycles. The van der Waals surface area contributed by atoms with Gasteiger partial charge in [0.1, 0.15) is 0 Å². The van der Waals surface area contributed by atoms with E-state index in [0.717, 1.165) is 29.8 Å². The van der Waals surface area contributed by atoms with Gasteiger partial charge in [0.2, 0.25) is 0 Å². The van der Waals surface area contributed by atoms with Crippen LogP contribution in [0.4, 0.5) is 0 Å². The van der Waals surface area contributed by atoms with Crippen molar-refractivity contribution in [2.24, 2.45) is 17.8 Å². The Hall–Kier alpha value is -0.0800. The van der Waals surface area contributed by atoms with Crippen molar-refractivity contribution < 1.29 is 0 Å². The van der Waals surface area contributed by atoms with Crippen LogP contribution in [0.3, 0.4) is 0 Å². The van der Waals surface area contributed by atoms with Gasteiger partial charge in [0.05, 0.1) is 0 Å². The second-order valence-electron chi connectivity index (χ2n) is 6.40. The van der Waals surface area contributed by atoms with Crippen LogP contribution in [0.2, 0.25) is 0 Å². The van der Waals surface area contributed by atoms with E-state index in [2.05, 4.69) is 24.2 Å². The molecular formula is C14H26N2. The Balaban J connectivity index is 1.60. The van der Waals surface area contributed by atoms with Gasteiger partial charge in [-0.2, -0.15) is 0 Å². The summed E-state index contributed by atoms with van der Waals surface area (Å²) in [5, 5.41) is 3.47. The van der Waals surface area contributed by atoms with Crippen molar-refractivity contribution in [3.63, 3.8) is 0 Å². The third kappa shape index (κ3) is 1.80. The van der Waals surface area contributed by atoms with E-state index >= 15 is 0 Å². The summed E-state index contributed by atoms with van der Waals surface area (Å²) in [7, 11) is 2.12. The molecule has 0 aromatic rings. The van der Waals surface area contributed by atoms with Crippen LogP contribution < -0.4 is 5.32 Å². The number of fused-ring (bicyclic) bond motifs is 2. The summed E-state index contributed by atoms with van der Waals surface area (Å²) in [5.41, 5.74) is 0. The lowest BCUT2D eigenvalue weighted by Gasteiger charge is -2.42. The third-order valence-corrected chi connectivity index (χ3v) is 5.48. The van der Waals surface area contributed by atoms with Crippen LogP contribution in [0.25, 0.3) is 0 Å². The van der Waals surface area contributed by atoms with Gasteiger partial charge in [-0.05, 0) is 57.0 Å². The summed E-state index contributed by atoms with van der Waals surface area (Å²) < 4.78 is 0. The number of likely N-dealkylation sites (tertiary alicyclic amines) is 1. The number of hydrogen-bond acceptors (Lipinski definition) is 2. The number of piperidine rings is 1. The Morgan fingerprint density at radius 2 is 2.00 bits per heavy atom. The van der Waals surface area contributed by atoms with Gasteiger partial charge in [0, 0.05) is 18.6 Å². The van der Waals surface area contributed by atoms with Crippen LogP contribution >= 0.6 is 0 Å². The Bertz CT molecular complexity index is 253. The smallest absolute Gasteiger partial charge is 0.0126 e. The summed E-state index contributed by atoms with van der Waals surface area (Å²) in [6, 6.07) is 1.72. The first-order chi connectivity index (χ1) is 7.78. The predicted molar refractivity (Wildman–Crippen MR) is 67.4 cm³/mol. The Morgan fingerprint density at radius 1 is 1.12 bits per heavy atom. The molecule has 1 aliphatic heterocycles. The van der Waals surface area contributed by atoms with Crippen LogP contribution in [0.5, 0.6) is 0 Å². The molecule has 1 heterocycles. The largest absolute Gasteiger partial charge is 0.317 e. The van der Waals surface area contributed by atoms with E-state index in [4.69, 9.17) is 0 Å². The zero-order valence-corrected chi connectivity index (χ0v) is 10.8. The van der Waals surface area contributed by atoms with Crippen molar-refractivity contribution in [2.75, 3.05) is 20.1 Å². The number of hydrogen-bond donors (Lipinski definition) is 1. The first-order valence-corrected chi connectivity index (χ1v) is 7.19. The average Bonchev–Trinajstić information content (AvgIpc) is 2.90. The highest BCUT2D eigenvalue weighted by Gasteiger charge is 2.43. The molecule has 2 bridgehead atoms. The minimum absolute atomic E-state index is 0.759. The summed E-state index contributed by atoms with van der Waals surface area (Å²) in [5.74, 6) is 2.98. The first-order valence-electron chi connectivity index (χ1n) is 7.19. The summed E-state index contributed by atoms with van der Waals surface area (Å²) in [6.45, 7) is 5.09.